The second-order valence-corrected chi connectivity index (χ2v) is 8.21. The maximum absolute atomic E-state index is 11.7. The fourth-order valence-corrected chi connectivity index (χ4v) is 4.80. The second-order valence-electron chi connectivity index (χ2n) is 5.61. The van der Waals surface area contributed by atoms with Gasteiger partial charge in [-0.2, -0.15) is 4.68 Å². The number of rotatable bonds is 5. The Hall–Kier alpha value is -1.58. The van der Waals surface area contributed by atoms with Gasteiger partial charge in [0.05, 0.1) is 23.9 Å². The molecule has 2 aromatic rings. The molecule has 1 aliphatic heterocycles. The van der Waals surface area contributed by atoms with Gasteiger partial charge in [-0.25, -0.2) is 13.1 Å². The lowest BCUT2D eigenvalue weighted by Gasteiger charge is -2.25. The van der Waals surface area contributed by atoms with Crippen LogP contribution in [0.4, 0.5) is 0 Å². The molecule has 124 valence electrons. The first-order valence-electron chi connectivity index (χ1n) is 7.53. The van der Waals surface area contributed by atoms with Crippen LogP contribution in [0.25, 0.3) is 5.69 Å². The lowest BCUT2D eigenvalue weighted by Crippen LogP contribution is -2.37. The zero-order valence-electron chi connectivity index (χ0n) is 12.9. The molecule has 1 aliphatic rings. The first-order chi connectivity index (χ1) is 11.0. The molecule has 3 rings (SSSR count). The van der Waals surface area contributed by atoms with E-state index in [1.54, 1.807) is 9.36 Å². The minimum absolute atomic E-state index is 0.0220. The van der Waals surface area contributed by atoms with Gasteiger partial charge in [0.25, 0.3) is 0 Å². The van der Waals surface area contributed by atoms with Crippen molar-refractivity contribution in [1.82, 2.24) is 24.7 Å². The summed E-state index contributed by atoms with van der Waals surface area (Å²) < 4.78 is 27.1. The quantitative estimate of drug-likeness (QED) is 0.754. The fourth-order valence-electron chi connectivity index (χ4n) is 2.80. The SMILES string of the molecule is CCN(Cn1nnn(-c2ccccc2)c1=S)[C@H]1CCS(=O)(=O)C1. The molecule has 7 nitrogen and oxygen atoms in total. The van der Waals surface area contributed by atoms with Crippen LogP contribution in [0, 0.1) is 4.77 Å². The number of hydrogen-bond donors (Lipinski definition) is 0. The maximum atomic E-state index is 11.7. The van der Waals surface area contributed by atoms with Crippen LogP contribution in [0.1, 0.15) is 13.3 Å². The zero-order valence-corrected chi connectivity index (χ0v) is 14.5. The predicted octanol–water partition coefficient (Wildman–Crippen LogP) is 1.26. The molecule has 1 atom stereocenters. The molecule has 1 saturated heterocycles. The summed E-state index contributed by atoms with van der Waals surface area (Å²) in [5, 5.41) is 8.23. The topological polar surface area (TPSA) is 73.0 Å². The largest absolute Gasteiger partial charge is 0.280 e. The van der Waals surface area contributed by atoms with E-state index < -0.39 is 9.84 Å². The highest BCUT2D eigenvalue weighted by molar-refractivity contribution is 7.91. The van der Waals surface area contributed by atoms with Crippen molar-refractivity contribution < 1.29 is 8.42 Å². The standard InChI is InChI=1S/C14H19N5O2S2/c1-2-17(13-8-9-23(20,21)10-13)11-18-14(22)19(16-15-18)12-6-4-3-5-7-12/h3-7,13H,2,8-11H2,1H3/t13-/m0/s1. The Kier molecular flexibility index (Phi) is 4.60. The number of benzene rings is 1. The smallest absolute Gasteiger partial charge is 0.221 e. The van der Waals surface area contributed by atoms with E-state index in [4.69, 9.17) is 12.2 Å². The molecule has 1 aromatic carbocycles. The summed E-state index contributed by atoms with van der Waals surface area (Å²) >= 11 is 5.45. The number of nitrogens with zero attached hydrogens (tertiary/aromatic N) is 5. The fraction of sp³-hybridized carbons (Fsp3) is 0.500. The number of aromatic nitrogens is 4. The third-order valence-corrected chi connectivity index (χ3v) is 6.22. The minimum Gasteiger partial charge on any atom is -0.280 e. The Morgan fingerprint density at radius 3 is 2.65 bits per heavy atom. The van der Waals surface area contributed by atoms with E-state index in [0.717, 1.165) is 12.2 Å². The summed E-state index contributed by atoms with van der Waals surface area (Å²) in [4.78, 5) is 2.09. The molecule has 0 bridgehead atoms. The minimum atomic E-state index is -2.91. The van der Waals surface area contributed by atoms with Crippen LogP contribution in [-0.2, 0) is 16.5 Å². The Morgan fingerprint density at radius 2 is 2.04 bits per heavy atom. The van der Waals surface area contributed by atoms with Crippen molar-refractivity contribution in [3.05, 3.63) is 35.1 Å². The molecule has 0 aliphatic carbocycles. The summed E-state index contributed by atoms with van der Waals surface area (Å²) in [5.74, 6) is 0.469. The number of tetrazole rings is 1. The van der Waals surface area contributed by atoms with E-state index >= 15 is 0 Å². The van der Waals surface area contributed by atoms with Crippen LogP contribution in [0.15, 0.2) is 30.3 Å². The third kappa shape index (κ3) is 3.51. The molecule has 0 unspecified atom stereocenters. The van der Waals surface area contributed by atoms with Crippen molar-refractivity contribution in [3.8, 4) is 5.69 Å². The Labute approximate surface area is 140 Å². The number of hydrogen-bond acceptors (Lipinski definition) is 6. The molecular formula is C14H19N5O2S2. The van der Waals surface area contributed by atoms with E-state index in [-0.39, 0.29) is 17.5 Å². The molecule has 0 spiro atoms. The van der Waals surface area contributed by atoms with Crippen molar-refractivity contribution >= 4 is 22.1 Å². The van der Waals surface area contributed by atoms with Crippen LogP contribution in [-0.4, -0.2) is 57.2 Å². The van der Waals surface area contributed by atoms with Gasteiger partial charge in [-0.3, -0.25) is 4.90 Å². The highest BCUT2D eigenvalue weighted by atomic mass is 32.2. The van der Waals surface area contributed by atoms with Gasteiger partial charge >= 0.3 is 0 Å². The molecule has 1 aromatic heterocycles. The highest BCUT2D eigenvalue weighted by Gasteiger charge is 2.32. The first kappa shape index (κ1) is 16.3. The van der Waals surface area contributed by atoms with Gasteiger partial charge in [-0.05, 0) is 47.7 Å². The van der Waals surface area contributed by atoms with Crippen molar-refractivity contribution in [3.63, 3.8) is 0 Å². The Bertz CT molecular complexity index is 828. The van der Waals surface area contributed by atoms with Crippen molar-refractivity contribution in [2.45, 2.75) is 26.1 Å². The van der Waals surface area contributed by atoms with E-state index in [2.05, 4.69) is 15.3 Å². The van der Waals surface area contributed by atoms with Gasteiger partial charge in [0.1, 0.15) is 0 Å². The van der Waals surface area contributed by atoms with E-state index in [1.165, 1.54) is 0 Å². The van der Waals surface area contributed by atoms with E-state index in [9.17, 15) is 8.42 Å². The normalized spacial score (nSPS) is 20.2. The van der Waals surface area contributed by atoms with Gasteiger partial charge < -0.3 is 0 Å². The summed E-state index contributed by atoms with van der Waals surface area (Å²) in [7, 11) is -2.91. The maximum Gasteiger partial charge on any atom is 0.221 e. The zero-order chi connectivity index (χ0) is 16.4. The third-order valence-electron chi connectivity index (χ3n) is 4.09. The van der Waals surface area contributed by atoms with Crippen molar-refractivity contribution in [1.29, 1.82) is 0 Å². The lowest BCUT2D eigenvalue weighted by atomic mass is 10.2. The van der Waals surface area contributed by atoms with Crippen LogP contribution in [0.2, 0.25) is 0 Å². The first-order valence-corrected chi connectivity index (χ1v) is 9.76. The lowest BCUT2D eigenvalue weighted by molar-refractivity contribution is 0.162. The van der Waals surface area contributed by atoms with Crippen LogP contribution in [0.3, 0.4) is 0 Å². The van der Waals surface area contributed by atoms with E-state index in [0.29, 0.717) is 17.9 Å². The molecule has 0 N–H and O–H groups in total. The Morgan fingerprint density at radius 1 is 1.30 bits per heavy atom. The van der Waals surface area contributed by atoms with Crippen LogP contribution >= 0.6 is 12.2 Å². The molecule has 23 heavy (non-hydrogen) atoms. The van der Waals surface area contributed by atoms with E-state index in [1.807, 2.05) is 37.3 Å². The molecule has 1 fully saturated rings. The molecule has 2 heterocycles. The van der Waals surface area contributed by atoms with Crippen molar-refractivity contribution in [2.24, 2.45) is 0 Å². The van der Waals surface area contributed by atoms with Gasteiger partial charge in [0.15, 0.2) is 9.84 Å². The number of sulfone groups is 1. The summed E-state index contributed by atoms with van der Waals surface area (Å²) in [6, 6.07) is 9.60. The van der Waals surface area contributed by atoms with Gasteiger partial charge in [-0.15, -0.1) is 0 Å². The van der Waals surface area contributed by atoms with Crippen LogP contribution < -0.4 is 0 Å². The summed E-state index contributed by atoms with van der Waals surface area (Å²) in [5.41, 5.74) is 0.857. The average Bonchev–Trinajstić information content (AvgIpc) is 3.08. The Balaban J connectivity index is 1.80. The molecule has 0 radical (unpaired) electrons. The summed E-state index contributed by atoms with van der Waals surface area (Å²) in [6.07, 6.45) is 0.663. The predicted molar refractivity (Wildman–Crippen MR) is 89.6 cm³/mol. The van der Waals surface area contributed by atoms with Crippen LogP contribution in [0.5, 0.6) is 0 Å². The number of para-hydroxylation sites is 1. The second kappa shape index (κ2) is 6.50. The molecular weight excluding hydrogens is 334 g/mol. The van der Waals surface area contributed by atoms with Gasteiger partial charge in [0.2, 0.25) is 4.77 Å². The van der Waals surface area contributed by atoms with Gasteiger partial charge in [-0.1, -0.05) is 25.1 Å². The highest BCUT2D eigenvalue weighted by Crippen LogP contribution is 2.18. The molecule has 9 heteroatoms. The van der Waals surface area contributed by atoms with Gasteiger partial charge in [0, 0.05) is 6.04 Å². The average molecular weight is 353 g/mol. The summed E-state index contributed by atoms with van der Waals surface area (Å²) in [6.45, 7) is 3.19. The van der Waals surface area contributed by atoms with Crippen molar-refractivity contribution in [2.75, 3.05) is 18.1 Å². The molecule has 0 saturated carbocycles. The molecule has 0 amide bonds. The monoisotopic (exact) mass is 353 g/mol.